The van der Waals surface area contributed by atoms with Gasteiger partial charge in [-0.3, -0.25) is 19.5 Å². The van der Waals surface area contributed by atoms with Crippen molar-refractivity contribution in [3.05, 3.63) is 103 Å². The molecule has 2 rings (SSSR count). The summed E-state index contributed by atoms with van der Waals surface area (Å²) in [5, 5.41) is 2.87. The summed E-state index contributed by atoms with van der Waals surface area (Å²) in [6, 6.07) is 11.0. The van der Waals surface area contributed by atoms with E-state index in [0.29, 0.717) is 12.1 Å². The number of benzene rings is 1. The van der Waals surface area contributed by atoms with Gasteiger partial charge in [0.05, 0.1) is 12.3 Å². The highest BCUT2D eigenvalue weighted by Crippen LogP contribution is 2.15. The first-order valence-corrected chi connectivity index (χ1v) is 11.3. The smallest absolute Gasteiger partial charge is 0.405 e. The summed E-state index contributed by atoms with van der Waals surface area (Å²) in [4.78, 5) is 20.4. The third kappa shape index (κ3) is 21.3. The number of rotatable bonds is 7. The fourth-order valence-corrected chi connectivity index (χ4v) is 2.15. The van der Waals surface area contributed by atoms with Gasteiger partial charge in [0.1, 0.15) is 0 Å². The number of nitrogens with zero attached hydrogens (tertiary/aromatic N) is 2. The molecule has 1 heterocycles. The molecule has 0 saturated carbocycles. The minimum Gasteiger partial charge on any atom is -0.405 e. The molecule has 2 aromatic rings. The fourth-order valence-electron chi connectivity index (χ4n) is 2.15. The second kappa shape index (κ2) is 25.3. The lowest BCUT2D eigenvalue weighted by molar-refractivity contribution is -0.319. The zero-order chi connectivity index (χ0) is 29.1. The van der Waals surface area contributed by atoms with Gasteiger partial charge in [0.25, 0.3) is 5.91 Å². The van der Waals surface area contributed by atoms with Crippen LogP contribution in [0.25, 0.3) is 0 Å². The molecule has 1 amide bonds. The topological polar surface area (TPSA) is 116 Å². The Hall–Kier alpha value is -3.76. The van der Waals surface area contributed by atoms with Crippen LogP contribution < -0.4 is 16.8 Å². The van der Waals surface area contributed by atoms with E-state index in [9.17, 15) is 18.0 Å². The van der Waals surface area contributed by atoms with E-state index in [1.807, 2.05) is 45.0 Å². The maximum Gasteiger partial charge on any atom is 0.522 e. The Morgan fingerprint density at radius 3 is 2.19 bits per heavy atom. The summed E-state index contributed by atoms with van der Waals surface area (Å²) in [5.41, 5.74) is 13.0. The van der Waals surface area contributed by atoms with Gasteiger partial charge in [0.2, 0.25) is 0 Å². The van der Waals surface area contributed by atoms with E-state index in [4.69, 9.17) is 5.73 Å². The maximum atomic E-state index is 12.2. The minimum absolute atomic E-state index is 0.141. The average molecular weight is 524 g/mol. The Morgan fingerprint density at radius 2 is 1.76 bits per heavy atom. The molecule has 0 aliphatic carbocycles. The molecule has 0 spiro atoms. The lowest BCUT2D eigenvalue weighted by Gasteiger charge is -2.07. The van der Waals surface area contributed by atoms with Gasteiger partial charge in [0, 0.05) is 37.1 Å². The van der Waals surface area contributed by atoms with Crippen molar-refractivity contribution in [2.45, 2.75) is 33.7 Å². The predicted octanol–water partition coefficient (Wildman–Crippen LogP) is 5.41. The van der Waals surface area contributed by atoms with Gasteiger partial charge >= 0.3 is 6.36 Å². The predicted molar refractivity (Wildman–Crippen MR) is 147 cm³/mol. The number of nitrogens with one attached hydrogen (secondary N) is 1. The van der Waals surface area contributed by atoms with Crippen molar-refractivity contribution in [2.24, 2.45) is 16.5 Å². The first-order chi connectivity index (χ1) is 17.7. The number of aliphatic imine (C=N–C) groups is 1. The number of carbonyl (C=O) groups excluding carboxylic acids is 1. The van der Waals surface area contributed by atoms with Crippen LogP contribution in [0.2, 0.25) is 0 Å². The molecule has 0 aliphatic heterocycles. The van der Waals surface area contributed by atoms with Crippen LogP contribution >= 0.6 is 0 Å². The van der Waals surface area contributed by atoms with Crippen LogP contribution in [0.1, 0.15) is 42.3 Å². The Kier molecular flexibility index (Phi) is 25.9. The van der Waals surface area contributed by atoms with E-state index in [1.54, 1.807) is 43.7 Å². The molecule has 10 heteroatoms. The first-order valence-electron chi connectivity index (χ1n) is 11.3. The van der Waals surface area contributed by atoms with Gasteiger partial charge in [-0.2, -0.15) is 0 Å². The third-order valence-electron chi connectivity index (χ3n) is 3.46. The first kappa shape index (κ1) is 37.8. The Bertz CT molecular complexity index is 916. The van der Waals surface area contributed by atoms with E-state index < -0.39 is 13.0 Å². The largest absolute Gasteiger partial charge is 0.522 e. The monoisotopic (exact) mass is 523 g/mol. The molecule has 0 radical (unpaired) electrons. The van der Waals surface area contributed by atoms with Crippen LogP contribution in [0.3, 0.4) is 0 Å². The molecule has 1 aromatic heterocycles. The zero-order valence-electron chi connectivity index (χ0n) is 22.3. The van der Waals surface area contributed by atoms with Crippen LogP contribution in [0.4, 0.5) is 13.2 Å². The summed E-state index contributed by atoms with van der Waals surface area (Å²) >= 11 is 0. The summed E-state index contributed by atoms with van der Waals surface area (Å²) in [5.74, 6) is -0.141. The molecule has 0 saturated heterocycles. The number of pyridine rings is 1. The van der Waals surface area contributed by atoms with Crippen LogP contribution in [-0.4, -0.2) is 43.7 Å². The molecule has 0 atom stereocenters. The molecule has 0 unspecified atom stereocenters. The van der Waals surface area contributed by atoms with Gasteiger partial charge in [-0.1, -0.05) is 44.2 Å². The van der Waals surface area contributed by atoms with Crippen molar-refractivity contribution in [3.63, 3.8) is 0 Å². The van der Waals surface area contributed by atoms with E-state index in [2.05, 4.69) is 38.9 Å². The molecule has 1 aromatic carbocycles. The molecule has 0 aliphatic rings. The number of nitrogens with two attached hydrogens (primary N) is 2. The normalized spacial score (nSPS) is 10.0. The highest BCUT2D eigenvalue weighted by molar-refractivity contribution is 6.09. The van der Waals surface area contributed by atoms with Crippen molar-refractivity contribution in [2.75, 3.05) is 20.7 Å². The van der Waals surface area contributed by atoms with Gasteiger partial charge < -0.3 is 16.8 Å². The standard InChI is InChI=1S/C17H18N4O.C4H5F3O.C3H6.C2H6.CH5N/c1-19-16(7-8-18)14-5-2-6-15(10-14)17(22)21-12-13-4-3-9-20-11-13;1-2-3-8-4(5,6)7;1-3-2;2*1-2/h2-11H,12,18H2,1H3,(H,21,22);2H,1,3H2;3H,1H2,2H3;1-2H3;2H2,1H3/b8-7-,19-16?;;;;. The summed E-state index contributed by atoms with van der Waals surface area (Å²) in [7, 11) is 3.19. The summed E-state index contributed by atoms with van der Waals surface area (Å²) in [6.07, 6.45) is 4.82. The average Bonchev–Trinajstić information content (AvgIpc) is 2.92. The van der Waals surface area contributed by atoms with Crippen molar-refractivity contribution >= 4 is 11.6 Å². The number of hydrogen-bond donors (Lipinski definition) is 3. The maximum absolute atomic E-state index is 12.2. The van der Waals surface area contributed by atoms with Crippen LogP contribution in [0.5, 0.6) is 0 Å². The number of carbonyl (C=O) groups is 1. The summed E-state index contributed by atoms with van der Waals surface area (Å²) in [6.45, 7) is 12.2. The number of amides is 1. The van der Waals surface area contributed by atoms with Gasteiger partial charge in [-0.05, 0) is 50.0 Å². The van der Waals surface area contributed by atoms with Crippen molar-refractivity contribution < 1.29 is 22.7 Å². The SMILES string of the molecule is C=CC.C=CCOC(F)(F)F.CC.CN.CN=C(/C=C\N)c1cccc(C(=O)NCc2cccnc2)c1. The van der Waals surface area contributed by atoms with Crippen molar-refractivity contribution in [1.82, 2.24) is 10.3 Å². The molecule has 0 fully saturated rings. The molecule has 37 heavy (non-hydrogen) atoms. The fraction of sp³-hybridized carbons (Fsp3) is 0.296. The van der Waals surface area contributed by atoms with Gasteiger partial charge in [-0.25, -0.2) is 0 Å². The third-order valence-corrected chi connectivity index (χ3v) is 3.46. The Morgan fingerprint density at radius 1 is 1.16 bits per heavy atom. The number of ether oxygens (including phenoxy) is 1. The Balaban J connectivity index is -0.000000643. The van der Waals surface area contributed by atoms with Crippen LogP contribution in [0, 0.1) is 0 Å². The molecule has 206 valence electrons. The zero-order valence-corrected chi connectivity index (χ0v) is 22.3. The number of allylic oxidation sites excluding steroid dienone is 2. The lowest BCUT2D eigenvalue weighted by Crippen LogP contribution is -2.23. The minimum atomic E-state index is -4.52. The molecule has 0 bridgehead atoms. The van der Waals surface area contributed by atoms with E-state index in [-0.39, 0.29) is 5.91 Å². The van der Waals surface area contributed by atoms with Crippen molar-refractivity contribution in [1.29, 1.82) is 0 Å². The van der Waals surface area contributed by atoms with Crippen LogP contribution in [-0.2, 0) is 11.3 Å². The second-order valence-electron chi connectivity index (χ2n) is 6.05. The van der Waals surface area contributed by atoms with Gasteiger partial charge in [0.15, 0.2) is 0 Å². The Labute approximate surface area is 218 Å². The number of aromatic nitrogens is 1. The van der Waals surface area contributed by atoms with Gasteiger partial charge in [-0.15, -0.1) is 26.3 Å². The molecule has 7 nitrogen and oxygen atoms in total. The summed E-state index contributed by atoms with van der Waals surface area (Å²) < 4.78 is 36.2. The van der Waals surface area contributed by atoms with Crippen LogP contribution in [0.15, 0.2) is 91.4 Å². The molecular weight excluding hydrogens is 483 g/mol. The van der Waals surface area contributed by atoms with Crippen molar-refractivity contribution in [3.8, 4) is 0 Å². The number of alkyl halides is 3. The highest BCUT2D eigenvalue weighted by atomic mass is 19.4. The van der Waals surface area contributed by atoms with E-state index in [0.717, 1.165) is 22.9 Å². The quantitative estimate of drug-likeness (QED) is 0.332. The van der Waals surface area contributed by atoms with E-state index >= 15 is 0 Å². The van der Waals surface area contributed by atoms with E-state index in [1.165, 1.54) is 13.2 Å². The second-order valence-corrected chi connectivity index (χ2v) is 6.05. The molecular formula is C27H40F3N5O2. The lowest BCUT2D eigenvalue weighted by atomic mass is 10.1. The molecule has 5 N–H and O–H groups in total. The highest BCUT2D eigenvalue weighted by Gasteiger charge is 2.27. The number of halogens is 3. The number of hydrogen-bond acceptors (Lipinski definition) is 6.